The second-order valence-corrected chi connectivity index (χ2v) is 16.9. The highest BCUT2D eigenvalue weighted by Gasteiger charge is 2.20. The Morgan fingerprint density at radius 3 is 1.55 bits per heavy atom. The molecule has 0 saturated carbocycles. The lowest BCUT2D eigenvalue weighted by atomic mass is 9.95. The molecule has 2 aromatic heterocycles. The summed E-state index contributed by atoms with van der Waals surface area (Å²) in [7, 11) is 0. The Hall–Kier alpha value is -8.66. The predicted octanol–water partition coefficient (Wildman–Crippen LogP) is 17.0. The minimum atomic E-state index is 1.09. The number of nitrogens with zero attached hydrogens (tertiary/aromatic N) is 3. The van der Waals surface area contributed by atoms with Crippen LogP contribution in [0.1, 0.15) is 0 Å². The summed E-state index contributed by atoms with van der Waals surface area (Å²) >= 11 is 0. The lowest BCUT2D eigenvalue weighted by Gasteiger charge is -2.27. The van der Waals surface area contributed by atoms with E-state index in [1.807, 2.05) is 0 Å². The van der Waals surface area contributed by atoms with Gasteiger partial charge in [-0.15, -0.1) is 0 Å². The fourth-order valence-electron chi connectivity index (χ4n) is 10.3. The molecule has 11 aromatic carbocycles. The van der Waals surface area contributed by atoms with Crippen molar-refractivity contribution in [1.29, 1.82) is 0 Å². The van der Waals surface area contributed by atoms with Crippen molar-refractivity contribution in [2.75, 3.05) is 4.90 Å². The average Bonchev–Trinajstić information content (AvgIpc) is 3.90. The number of aromatic nitrogens is 2. The van der Waals surface area contributed by atoms with Crippen LogP contribution in [0.2, 0.25) is 0 Å². The molecule has 0 spiro atoms. The Balaban J connectivity index is 0.984. The summed E-state index contributed by atoms with van der Waals surface area (Å²) in [6.07, 6.45) is 0. The fourth-order valence-corrected chi connectivity index (χ4v) is 10.3. The number of hydrogen-bond acceptors (Lipinski definition) is 1. The average molecular weight is 828 g/mol. The van der Waals surface area contributed by atoms with Crippen LogP contribution in [0.5, 0.6) is 0 Å². The van der Waals surface area contributed by atoms with Crippen molar-refractivity contribution in [3.63, 3.8) is 0 Å². The summed E-state index contributed by atoms with van der Waals surface area (Å²) in [6, 6.07) is 90.8. The first-order chi connectivity index (χ1) is 32.2. The van der Waals surface area contributed by atoms with Gasteiger partial charge in [-0.3, -0.25) is 0 Å². The quantitative estimate of drug-likeness (QED) is 0.146. The van der Waals surface area contributed by atoms with E-state index in [1.165, 1.54) is 76.3 Å². The molecule has 0 unspecified atom stereocenters. The van der Waals surface area contributed by atoms with Crippen molar-refractivity contribution in [3.8, 4) is 33.6 Å². The lowest BCUT2D eigenvalue weighted by Crippen LogP contribution is -2.10. The second-order valence-electron chi connectivity index (χ2n) is 16.9. The van der Waals surface area contributed by atoms with Crippen molar-refractivity contribution in [1.82, 2.24) is 9.13 Å². The molecule has 0 N–H and O–H groups in total. The Morgan fingerprint density at radius 2 is 0.769 bits per heavy atom. The van der Waals surface area contributed by atoms with Gasteiger partial charge < -0.3 is 14.0 Å². The molecule has 0 amide bonds. The maximum absolute atomic E-state index is 2.42. The molecule has 13 rings (SSSR count). The Bertz CT molecular complexity index is 3950. The first kappa shape index (κ1) is 36.9. The van der Waals surface area contributed by atoms with Gasteiger partial charge in [0.05, 0.1) is 22.1 Å². The lowest BCUT2D eigenvalue weighted by molar-refractivity contribution is 1.18. The number of benzene rings is 11. The molecule has 65 heavy (non-hydrogen) atoms. The summed E-state index contributed by atoms with van der Waals surface area (Å²) in [6.45, 7) is 0. The van der Waals surface area contributed by atoms with E-state index in [9.17, 15) is 0 Å². The third kappa shape index (κ3) is 6.05. The highest BCUT2D eigenvalue weighted by Crippen LogP contribution is 2.43. The zero-order chi connectivity index (χ0) is 42.8. The van der Waals surface area contributed by atoms with Gasteiger partial charge in [0.1, 0.15) is 0 Å². The largest absolute Gasteiger partial charge is 0.310 e. The van der Waals surface area contributed by atoms with Crippen LogP contribution in [0.15, 0.2) is 249 Å². The highest BCUT2D eigenvalue weighted by molar-refractivity contribution is 6.16. The van der Waals surface area contributed by atoms with Crippen molar-refractivity contribution in [2.24, 2.45) is 0 Å². The molecule has 0 aliphatic carbocycles. The first-order valence-corrected chi connectivity index (χ1v) is 22.3. The third-order valence-electron chi connectivity index (χ3n) is 13.2. The van der Waals surface area contributed by atoms with Gasteiger partial charge in [0.2, 0.25) is 0 Å². The zero-order valence-corrected chi connectivity index (χ0v) is 35.5. The van der Waals surface area contributed by atoms with Gasteiger partial charge in [-0.05, 0) is 129 Å². The number of fused-ring (bicyclic) bond motifs is 9. The SMILES string of the molecule is c1ccc(-n2c3ccccc3c3ccc(N(c4cccc(-c5cccc(-c6cccc7c6c6ccccc6n7-c6ccccc6)c5)c4)c4ccc5c(ccc6ccccc65)c4)cc32)cc1. The van der Waals surface area contributed by atoms with E-state index >= 15 is 0 Å². The molecule has 3 heteroatoms. The van der Waals surface area contributed by atoms with Crippen molar-refractivity contribution in [3.05, 3.63) is 249 Å². The summed E-state index contributed by atoms with van der Waals surface area (Å²) in [5.74, 6) is 0. The van der Waals surface area contributed by atoms with Crippen molar-refractivity contribution >= 4 is 82.2 Å². The van der Waals surface area contributed by atoms with Gasteiger partial charge in [0, 0.05) is 50.0 Å². The maximum Gasteiger partial charge on any atom is 0.0561 e. The van der Waals surface area contributed by atoms with Gasteiger partial charge in [-0.2, -0.15) is 0 Å². The minimum absolute atomic E-state index is 1.09. The molecule has 0 bridgehead atoms. The monoisotopic (exact) mass is 827 g/mol. The van der Waals surface area contributed by atoms with E-state index in [-0.39, 0.29) is 0 Å². The Kier molecular flexibility index (Phi) is 8.53. The van der Waals surface area contributed by atoms with Crippen LogP contribution in [0.3, 0.4) is 0 Å². The van der Waals surface area contributed by atoms with E-state index in [0.29, 0.717) is 0 Å². The topological polar surface area (TPSA) is 13.1 Å². The van der Waals surface area contributed by atoms with Crippen LogP contribution in [-0.2, 0) is 0 Å². The molecule has 304 valence electrons. The predicted molar refractivity (Wildman–Crippen MR) is 276 cm³/mol. The van der Waals surface area contributed by atoms with Gasteiger partial charge in [0.25, 0.3) is 0 Å². The molecule has 0 radical (unpaired) electrons. The number of hydrogen-bond donors (Lipinski definition) is 0. The van der Waals surface area contributed by atoms with Crippen LogP contribution in [-0.4, -0.2) is 9.13 Å². The molecule has 0 aliphatic heterocycles. The molecule has 0 saturated heterocycles. The highest BCUT2D eigenvalue weighted by atomic mass is 15.1. The van der Waals surface area contributed by atoms with Crippen molar-refractivity contribution in [2.45, 2.75) is 0 Å². The molecule has 0 aliphatic rings. The van der Waals surface area contributed by atoms with Gasteiger partial charge in [0.15, 0.2) is 0 Å². The van der Waals surface area contributed by atoms with Gasteiger partial charge in [-0.1, -0.05) is 164 Å². The smallest absolute Gasteiger partial charge is 0.0561 e. The number of rotatable bonds is 7. The fraction of sp³-hybridized carbons (Fsp3) is 0. The van der Waals surface area contributed by atoms with E-state index < -0.39 is 0 Å². The normalized spacial score (nSPS) is 11.7. The summed E-state index contributed by atoms with van der Waals surface area (Å²) in [5, 5.41) is 9.94. The summed E-state index contributed by atoms with van der Waals surface area (Å²) < 4.78 is 4.79. The number of anilines is 3. The third-order valence-corrected chi connectivity index (χ3v) is 13.2. The van der Waals surface area contributed by atoms with Crippen LogP contribution in [0, 0.1) is 0 Å². The molecule has 0 atom stereocenters. The maximum atomic E-state index is 2.42. The van der Waals surface area contributed by atoms with Gasteiger partial charge in [-0.25, -0.2) is 0 Å². The van der Waals surface area contributed by atoms with Crippen LogP contribution >= 0.6 is 0 Å². The molecule has 3 nitrogen and oxygen atoms in total. The van der Waals surface area contributed by atoms with Crippen LogP contribution in [0.25, 0.3) is 98.8 Å². The first-order valence-electron chi connectivity index (χ1n) is 22.3. The molecule has 2 heterocycles. The van der Waals surface area contributed by atoms with E-state index in [4.69, 9.17) is 0 Å². The molecular weight excluding hydrogens is 787 g/mol. The summed E-state index contributed by atoms with van der Waals surface area (Å²) in [4.78, 5) is 2.42. The van der Waals surface area contributed by atoms with E-state index in [1.54, 1.807) is 0 Å². The Morgan fingerprint density at radius 1 is 0.262 bits per heavy atom. The number of para-hydroxylation sites is 4. The minimum Gasteiger partial charge on any atom is -0.310 e. The standard InChI is InChI=1S/C62H41N3/c1-3-20-47(21-4-1)64-59-30-12-10-27-57(59)62-54(28-15-31-60(62)64)45-19-13-17-43(38-45)44-18-14-24-49(39-44)63(50-34-36-53-46(40-50)33-32-42-16-7-8-25-52(42)53)51-35-37-56-55-26-9-11-29-58(55)65(61(56)41-51)48-22-5-2-6-23-48/h1-41H. The van der Waals surface area contributed by atoms with E-state index in [2.05, 4.69) is 263 Å². The van der Waals surface area contributed by atoms with E-state index in [0.717, 1.165) is 39.6 Å². The summed E-state index contributed by atoms with van der Waals surface area (Å²) in [5.41, 5.74) is 15.1. The molecule has 0 fully saturated rings. The molecule has 13 aromatic rings. The van der Waals surface area contributed by atoms with Crippen molar-refractivity contribution < 1.29 is 0 Å². The Labute approximate surface area is 376 Å². The van der Waals surface area contributed by atoms with Crippen LogP contribution in [0.4, 0.5) is 17.1 Å². The van der Waals surface area contributed by atoms with Gasteiger partial charge >= 0.3 is 0 Å². The second kappa shape index (κ2) is 15.0. The van der Waals surface area contributed by atoms with Crippen LogP contribution < -0.4 is 4.90 Å². The zero-order valence-electron chi connectivity index (χ0n) is 35.5. The molecular formula is C62H41N3.